The molecule has 7 heteroatoms. The zero-order valence-electron chi connectivity index (χ0n) is 13.6. The van der Waals surface area contributed by atoms with Gasteiger partial charge in [0.15, 0.2) is 0 Å². The number of nitrogens with one attached hydrogen (secondary N) is 1. The fraction of sp³-hybridized carbons (Fsp3) is 0.222. The number of halogens is 2. The molecule has 0 aliphatic rings. The minimum Gasteiger partial charge on any atom is -0.464 e. The molecule has 25 heavy (non-hydrogen) atoms. The lowest BCUT2D eigenvalue weighted by atomic mass is 10.0. The molecule has 1 unspecified atom stereocenters. The van der Waals surface area contributed by atoms with Crippen molar-refractivity contribution < 1.29 is 14.3 Å². The summed E-state index contributed by atoms with van der Waals surface area (Å²) in [5.41, 5.74) is 7.46. The van der Waals surface area contributed by atoms with Crippen LogP contribution in [-0.4, -0.2) is 24.5 Å². The molecule has 2 aromatic rings. The third-order valence-corrected chi connectivity index (χ3v) is 4.00. The average Bonchev–Trinajstić information content (AvgIpc) is 2.58. The van der Waals surface area contributed by atoms with Crippen molar-refractivity contribution in [3.8, 4) is 0 Å². The number of ether oxygens (including phenoxy) is 1. The van der Waals surface area contributed by atoms with Crippen molar-refractivity contribution in [3.63, 3.8) is 0 Å². The van der Waals surface area contributed by atoms with Crippen molar-refractivity contribution in [1.82, 2.24) is 5.32 Å². The zero-order valence-corrected chi connectivity index (χ0v) is 15.1. The van der Waals surface area contributed by atoms with Crippen molar-refractivity contribution in [1.29, 1.82) is 0 Å². The van der Waals surface area contributed by atoms with Crippen LogP contribution in [0.1, 0.15) is 22.8 Å². The van der Waals surface area contributed by atoms with Gasteiger partial charge in [-0.15, -0.1) is 0 Å². The number of nitrogen functional groups attached to an aromatic ring is 1. The average molecular weight is 381 g/mol. The molecule has 2 aromatic carbocycles. The Morgan fingerprint density at radius 3 is 2.40 bits per heavy atom. The van der Waals surface area contributed by atoms with Gasteiger partial charge >= 0.3 is 5.97 Å². The summed E-state index contributed by atoms with van der Waals surface area (Å²) in [4.78, 5) is 24.6. The molecule has 0 saturated heterocycles. The van der Waals surface area contributed by atoms with Crippen LogP contribution in [0.2, 0.25) is 10.0 Å². The van der Waals surface area contributed by atoms with Crippen LogP contribution in [0.4, 0.5) is 5.69 Å². The van der Waals surface area contributed by atoms with E-state index in [4.69, 9.17) is 33.7 Å². The van der Waals surface area contributed by atoms with E-state index < -0.39 is 17.9 Å². The fourth-order valence-electron chi connectivity index (χ4n) is 2.25. The predicted octanol–water partition coefficient (Wildman–Crippen LogP) is 3.48. The van der Waals surface area contributed by atoms with Crippen LogP contribution in [-0.2, 0) is 16.0 Å². The van der Waals surface area contributed by atoms with Gasteiger partial charge in [0.25, 0.3) is 5.91 Å². The zero-order chi connectivity index (χ0) is 18.4. The highest BCUT2D eigenvalue weighted by Crippen LogP contribution is 2.20. The molecule has 0 spiro atoms. The van der Waals surface area contributed by atoms with Gasteiger partial charge in [-0.3, -0.25) is 4.79 Å². The van der Waals surface area contributed by atoms with Crippen LogP contribution in [0.15, 0.2) is 42.5 Å². The van der Waals surface area contributed by atoms with Gasteiger partial charge in [0.2, 0.25) is 0 Å². The Kier molecular flexibility index (Phi) is 6.67. The van der Waals surface area contributed by atoms with Gasteiger partial charge in [-0.05, 0) is 55.0 Å². The van der Waals surface area contributed by atoms with Crippen LogP contribution in [0.3, 0.4) is 0 Å². The molecule has 1 amide bonds. The largest absolute Gasteiger partial charge is 0.464 e. The molecule has 0 fully saturated rings. The minimum atomic E-state index is -0.885. The first kappa shape index (κ1) is 19.1. The first-order chi connectivity index (χ1) is 11.9. The smallest absolute Gasteiger partial charge is 0.328 e. The number of nitrogens with two attached hydrogens (primary N) is 1. The summed E-state index contributed by atoms with van der Waals surface area (Å²) in [6.07, 6.45) is 0.171. The van der Waals surface area contributed by atoms with Crippen molar-refractivity contribution >= 4 is 40.8 Å². The number of carbonyl (C=O) groups is 2. The summed E-state index contributed by atoms with van der Waals surface area (Å²) in [7, 11) is 0. The number of esters is 1. The van der Waals surface area contributed by atoms with Crippen molar-refractivity contribution in [2.24, 2.45) is 0 Å². The maximum absolute atomic E-state index is 12.4. The Labute approximate surface area is 156 Å². The van der Waals surface area contributed by atoms with Crippen LogP contribution in [0, 0.1) is 0 Å². The molecule has 0 radical (unpaired) electrons. The van der Waals surface area contributed by atoms with Crippen molar-refractivity contribution in [2.75, 3.05) is 12.3 Å². The molecule has 3 N–H and O–H groups in total. The third kappa shape index (κ3) is 5.37. The minimum absolute atomic E-state index is 0.171. The Hall–Kier alpha value is -2.24. The Morgan fingerprint density at radius 2 is 1.76 bits per heavy atom. The number of anilines is 1. The van der Waals surface area contributed by atoms with E-state index in [0.717, 1.165) is 0 Å². The first-order valence-electron chi connectivity index (χ1n) is 7.67. The molecular formula is C18H18Cl2N2O3. The number of hydrogen-bond donors (Lipinski definition) is 2. The quantitative estimate of drug-likeness (QED) is 0.593. The van der Waals surface area contributed by atoms with E-state index in [1.54, 1.807) is 49.4 Å². The summed E-state index contributed by atoms with van der Waals surface area (Å²) in [6.45, 7) is 1.90. The van der Waals surface area contributed by atoms with Gasteiger partial charge in [0.1, 0.15) is 6.04 Å². The molecule has 0 bridgehead atoms. The Balaban J connectivity index is 2.20. The topological polar surface area (TPSA) is 81.4 Å². The Morgan fingerprint density at radius 1 is 1.12 bits per heavy atom. The second-order valence-corrected chi connectivity index (χ2v) is 6.21. The van der Waals surface area contributed by atoms with Crippen molar-refractivity contribution in [3.05, 3.63) is 63.6 Å². The number of rotatable bonds is 6. The van der Waals surface area contributed by atoms with E-state index in [9.17, 15) is 9.59 Å². The lowest BCUT2D eigenvalue weighted by Gasteiger charge is -2.18. The standard InChI is InChI=1S/C18H18Cl2N2O3/c1-2-25-18(24)16(10-12-9-14(20)7-8-15(12)21)22-17(23)11-3-5-13(19)6-4-11/h3-9,16H,2,10,21H2,1H3,(H,22,23). The van der Waals surface area contributed by atoms with Gasteiger partial charge in [-0.25, -0.2) is 4.79 Å². The summed E-state index contributed by atoms with van der Waals surface area (Å²) in [6, 6.07) is 10.4. The lowest BCUT2D eigenvalue weighted by Crippen LogP contribution is -2.43. The molecule has 0 aromatic heterocycles. The van der Waals surface area contributed by atoms with Gasteiger partial charge in [0, 0.05) is 27.7 Å². The molecule has 0 aliphatic heterocycles. The van der Waals surface area contributed by atoms with Gasteiger partial charge in [-0.2, -0.15) is 0 Å². The second kappa shape index (κ2) is 8.74. The van der Waals surface area contributed by atoms with Crippen LogP contribution in [0.25, 0.3) is 0 Å². The van der Waals surface area contributed by atoms with E-state index in [0.29, 0.717) is 26.9 Å². The number of benzene rings is 2. The normalized spacial score (nSPS) is 11.6. The van der Waals surface area contributed by atoms with Crippen molar-refractivity contribution in [2.45, 2.75) is 19.4 Å². The van der Waals surface area contributed by atoms with E-state index in [1.165, 1.54) is 0 Å². The van der Waals surface area contributed by atoms with Gasteiger partial charge in [-0.1, -0.05) is 23.2 Å². The third-order valence-electron chi connectivity index (χ3n) is 3.51. The van der Waals surface area contributed by atoms with Crippen LogP contribution >= 0.6 is 23.2 Å². The maximum Gasteiger partial charge on any atom is 0.328 e. The molecule has 2 rings (SSSR count). The molecule has 0 saturated carbocycles. The molecule has 1 atom stereocenters. The van der Waals surface area contributed by atoms with Gasteiger partial charge < -0.3 is 15.8 Å². The number of amides is 1. The number of hydrogen-bond acceptors (Lipinski definition) is 4. The SMILES string of the molecule is CCOC(=O)C(Cc1cc(Cl)ccc1N)NC(=O)c1ccc(Cl)cc1. The highest BCUT2D eigenvalue weighted by Gasteiger charge is 2.24. The van der Waals surface area contributed by atoms with E-state index >= 15 is 0 Å². The van der Waals surface area contributed by atoms with Crippen LogP contribution < -0.4 is 11.1 Å². The lowest BCUT2D eigenvalue weighted by molar-refractivity contribution is -0.145. The summed E-state index contributed by atoms with van der Waals surface area (Å²) >= 11 is 11.8. The summed E-state index contributed by atoms with van der Waals surface area (Å²) in [5, 5.41) is 3.69. The van der Waals surface area contributed by atoms with E-state index in [2.05, 4.69) is 5.32 Å². The predicted molar refractivity (Wildman–Crippen MR) is 98.9 cm³/mol. The summed E-state index contributed by atoms with van der Waals surface area (Å²) < 4.78 is 5.05. The highest BCUT2D eigenvalue weighted by atomic mass is 35.5. The molecule has 0 aliphatic carbocycles. The van der Waals surface area contributed by atoms with E-state index in [1.807, 2.05) is 0 Å². The highest BCUT2D eigenvalue weighted by molar-refractivity contribution is 6.31. The maximum atomic E-state index is 12.4. The molecule has 5 nitrogen and oxygen atoms in total. The number of carbonyl (C=O) groups excluding carboxylic acids is 2. The van der Waals surface area contributed by atoms with E-state index in [-0.39, 0.29) is 13.0 Å². The monoisotopic (exact) mass is 380 g/mol. The second-order valence-electron chi connectivity index (χ2n) is 5.33. The summed E-state index contributed by atoms with van der Waals surface area (Å²) in [5.74, 6) is -0.945. The van der Waals surface area contributed by atoms with Crippen LogP contribution in [0.5, 0.6) is 0 Å². The molecule has 132 valence electrons. The van der Waals surface area contributed by atoms with Gasteiger partial charge in [0.05, 0.1) is 6.61 Å². The Bertz CT molecular complexity index is 763. The molecule has 0 heterocycles. The first-order valence-corrected chi connectivity index (χ1v) is 8.43. The fourth-order valence-corrected chi connectivity index (χ4v) is 2.57. The molecular weight excluding hydrogens is 363 g/mol.